The Morgan fingerprint density at radius 2 is 1.16 bits per heavy atom. The molecule has 0 spiro atoms. The molecule has 0 aliphatic carbocycles. The third kappa shape index (κ3) is 1.76. The lowest BCUT2D eigenvalue weighted by Crippen LogP contribution is -2.20. The van der Waals surface area contributed by atoms with Gasteiger partial charge in [-0.1, -0.05) is 0 Å². The van der Waals surface area contributed by atoms with Gasteiger partial charge in [0, 0.05) is 26.2 Å². The Morgan fingerprint density at radius 3 is 1.58 bits per heavy atom. The van der Waals surface area contributed by atoms with E-state index in [4.69, 9.17) is 4.63 Å². The Morgan fingerprint density at radius 1 is 0.737 bits per heavy atom. The number of hydrogen-bond acceptors (Lipinski definition) is 5. The van der Waals surface area contributed by atoms with Crippen LogP contribution in [-0.2, 0) is 0 Å². The fourth-order valence-corrected chi connectivity index (χ4v) is 3.27. The molecule has 2 aliphatic rings. The zero-order chi connectivity index (χ0) is 12.7. The van der Waals surface area contributed by atoms with Gasteiger partial charge in [0.25, 0.3) is 0 Å². The molecule has 0 radical (unpaired) electrons. The minimum absolute atomic E-state index is 0.923. The fourth-order valence-electron chi connectivity index (χ4n) is 3.27. The van der Waals surface area contributed by atoms with Gasteiger partial charge >= 0.3 is 0 Å². The number of nitrogens with zero attached hydrogens (tertiary/aromatic N) is 4. The lowest BCUT2D eigenvalue weighted by Gasteiger charge is -2.21. The van der Waals surface area contributed by atoms with Crippen LogP contribution in [0.2, 0.25) is 0 Å². The van der Waals surface area contributed by atoms with Crippen molar-refractivity contribution in [2.45, 2.75) is 25.7 Å². The molecule has 5 nitrogen and oxygen atoms in total. The van der Waals surface area contributed by atoms with Crippen LogP contribution in [0.4, 0.5) is 11.4 Å². The molecule has 2 fully saturated rings. The summed E-state index contributed by atoms with van der Waals surface area (Å²) in [6, 6.07) is 4.37. The minimum Gasteiger partial charge on any atom is -0.370 e. The highest BCUT2D eigenvalue weighted by molar-refractivity contribution is 5.96. The average molecular weight is 258 g/mol. The van der Waals surface area contributed by atoms with Crippen LogP contribution < -0.4 is 9.80 Å². The molecule has 0 atom stereocenters. The fraction of sp³-hybridized carbons (Fsp3) is 0.571. The van der Waals surface area contributed by atoms with Gasteiger partial charge in [-0.3, -0.25) is 0 Å². The normalized spacial score (nSPS) is 19.8. The topological polar surface area (TPSA) is 45.4 Å². The maximum atomic E-state index is 5.01. The third-order valence-corrected chi connectivity index (χ3v) is 4.27. The van der Waals surface area contributed by atoms with Crippen LogP contribution in [0.25, 0.3) is 11.0 Å². The molecule has 1 aromatic heterocycles. The van der Waals surface area contributed by atoms with Gasteiger partial charge in [-0.2, -0.15) is 0 Å². The average Bonchev–Trinajstić information content (AvgIpc) is 3.19. The highest BCUT2D eigenvalue weighted by Crippen LogP contribution is 2.34. The van der Waals surface area contributed by atoms with E-state index in [9.17, 15) is 0 Å². The van der Waals surface area contributed by atoms with E-state index in [0.29, 0.717) is 0 Å². The van der Waals surface area contributed by atoms with E-state index in [1.54, 1.807) is 0 Å². The second kappa shape index (κ2) is 4.40. The molecule has 0 saturated carbocycles. The molecular formula is C14H18N4O. The molecule has 5 heteroatoms. The first-order valence-electron chi connectivity index (χ1n) is 7.19. The molecule has 2 aliphatic heterocycles. The van der Waals surface area contributed by atoms with Crippen LogP contribution in [0.15, 0.2) is 16.8 Å². The van der Waals surface area contributed by atoms with Crippen molar-refractivity contribution in [2.75, 3.05) is 36.0 Å². The first kappa shape index (κ1) is 11.1. The molecule has 2 aromatic rings. The van der Waals surface area contributed by atoms with Gasteiger partial charge in [0.1, 0.15) is 0 Å². The molecular weight excluding hydrogens is 240 g/mol. The van der Waals surface area contributed by atoms with E-state index in [1.165, 1.54) is 37.1 Å². The summed E-state index contributed by atoms with van der Waals surface area (Å²) in [5, 5.41) is 8.28. The minimum atomic E-state index is 0.923. The number of benzene rings is 1. The predicted molar refractivity (Wildman–Crippen MR) is 74.7 cm³/mol. The van der Waals surface area contributed by atoms with E-state index in [2.05, 4.69) is 32.2 Å². The monoisotopic (exact) mass is 258 g/mol. The molecule has 2 saturated heterocycles. The summed E-state index contributed by atoms with van der Waals surface area (Å²) in [7, 11) is 0. The lowest BCUT2D eigenvalue weighted by atomic mass is 10.2. The highest BCUT2D eigenvalue weighted by atomic mass is 16.6. The quantitative estimate of drug-likeness (QED) is 0.827. The number of anilines is 2. The molecule has 0 N–H and O–H groups in total. The maximum absolute atomic E-state index is 5.01. The molecule has 100 valence electrons. The smallest absolute Gasteiger partial charge is 0.160 e. The van der Waals surface area contributed by atoms with Crippen LogP contribution in [0.3, 0.4) is 0 Å². The molecule has 0 amide bonds. The summed E-state index contributed by atoms with van der Waals surface area (Å²) in [6.45, 7) is 4.46. The zero-order valence-corrected chi connectivity index (χ0v) is 11.0. The SMILES string of the molecule is c1cc(N2CCCC2)c2nonc2c1N1CCCC1. The van der Waals surface area contributed by atoms with E-state index >= 15 is 0 Å². The number of fused-ring (bicyclic) bond motifs is 1. The van der Waals surface area contributed by atoms with Crippen molar-refractivity contribution in [3.05, 3.63) is 12.1 Å². The van der Waals surface area contributed by atoms with Crippen molar-refractivity contribution in [2.24, 2.45) is 0 Å². The van der Waals surface area contributed by atoms with Crippen LogP contribution >= 0.6 is 0 Å². The van der Waals surface area contributed by atoms with Crippen molar-refractivity contribution in [1.29, 1.82) is 0 Å². The van der Waals surface area contributed by atoms with Gasteiger partial charge in [-0.05, 0) is 48.1 Å². The molecule has 19 heavy (non-hydrogen) atoms. The van der Waals surface area contributed by atoms with Crippen LogP contribution in [-0.4, -0.2) is 36.5 Å². The summed E-state index contributed by atoms with van der Waals surface area (Å²) in [5.74, 6) is 0. The second-order valence-corrected chi connectivity index (χ2v) is 5.45. The van der Waals surface area contributed by atoms with Gasteiger partial charge in [0.05, 0.1) is 11.4 Å². The summed E-state index contributed by atoms with van der Waals surface area (Å²) >= 11 is 0. The first-order chi connectivity index (χ1) is 9.43. The summed E-state index contributed by atoms with van der Waals surface area (Å²) in [5.41, 5.74) is 4.20. The van der Waals surface area contributed by atoms with E-state index < -0.39 is 0 Å². The second-order valence-electron chi connectivity index (χ2n) is 5.45. The molecule has 4 rings (SSSR count). The summed E-state index contributed by atoms with van der Waals surface area (Å²) < 4.78 is 5.01. The summed E-state index contributed by atoms with van der Waals surface area (Å²) in [4.78, 5) is 4.78. The predicted octanol–water partition coefficient (Wildman–Crippen LogP) is 2.42. The Hall–Kier alpha value is -1.78. The van der Waals surface area contributed by atoms with Crippen molar-refractivity contribution >= 4 is 22.4 Å². The Balaban J connectivity index is 1.80. The number of rotatable bonds is 2. The van der Waals surface area contributed by atoms with Gasteiger partial charge in [-0.15, -0.1) is 0 Å². The Bertz CT molecular complexity index is 532. The third-order valence-electron chi connectivity index (χ3n) is 4.27. The zero-order valence-electron chi connectivity index (χ0n) is 11.0. The van der Waals surface area contributed by atoms with E-state index in [1.807, 2.05) is 0 Å². The molecule has 1 aromatic carbocycles. The lowest BCUT2D eigenvalue weighted by molar-refractivity contribution is 0.315. The van der Waals surface area contributed by atoms with Crippen LogP contribution in [0, 0.1) is 0 Å². The van der Waals surface area contributed by atoms with Gasteiger partial charge in [0.2, 0.25) is 0 Å². The first-order valence-corrected chi connectivity index (χ1v) is 7.19. The van der Waals surface area contributed by atoms with Gasteiger partial charge in [-0.25, -0.2) is 4.63 Å². The number of aromatic nitrogens is 2. The van der Waals surface area contributed by atoms with Crippen LogP contribution in [0.1, 0.15) is 25.7 Å². The van der Waals surface area contributed by atoms with Crippen LogP contribution in [0.5, 0.6) is 0 Å². The van der Waals surface area contributed by atoms with Crippen molar-refractivity contribution in [3.63, 3.8) is 0 Å². The Labute approximate surface area is 112 Å². The molecule has 0 bridgehead atoms. The summed E-state index contributed by atoms with van der Waals surface area (Å²) in [6.07, 6.45) is 5.06. The van der Waals surface area contributed by atoms with Gasteiger partial charge < -0.3 is 9.80 Å². The van der Waals surface area contributed by atoms with Crippen molar-refractivity contribution < 1.29 is 4.63 Å². The largest absolute Gasteiger partial charge is 0.370 e. The number of hydrogen-bond donors (Lipinski definition) is 0. The maximum Gasteiger partial charge on any atom is 0.160 e. The molecule has 3 heterocycles. The Kier molecular flexibility index (Phi) is 2.57. The van der Waals surface area contributed by atoms with Crippen molar-refractivity contribution in [1.82, 2.24) is 10.3 Å². The van der Waals surface area contributed by atoms with E-state index in [0.717, 1.165) is 37.2 Å². The highest BCUT2D eigenvalue weighted by Gasteiger charge is 2.22. The standard InChI is InChI=1S/C14H18N4O/c1-2-8-17(7-1)11-5-6-12(18-9-3-4-10-18)14-13(11)15-19-16-14/h5-6H,1-4,7-10H2. The van der Waals surface area contributed by atoms with Crippen molar-refractivity contribution in [3.8, 4) is 0 Å². The van der Waals surface area contributed by atoms with Gasteiger partial charge in [0.15, 0.2) is 11.0 Å². The van der Waals surface area contributed by atoms with E-state index in [-0.39, 0.29) is 0 Å². The molecule has 0 unspecified atom stereocenters.